The number of nitrogens with two attached hydrogens (primary N) is 1. The molecule has 0 saturated heterocycles. The van der Waals surface area contributed by atoms with E-state index in [-0.39, 0.29) is 0 Å². The molecular weight excluding hydrogens is 216 g/mol. The van der Waals surface area contributed by atoms with E-state index < -0.39 is 0 Å². The van der Waals surface area contributed by atoms with Crippen LogP contribution < -0.4 is 11.1 Å². The van der Waals surface area contributed by atoms with Crippen molar-refractivity contribution in [3.63, 3.8) is 0 Å². The summed E-state index contributed by atoms with van der Waals surface area (Å²) in [7, 11) is 1.72. The van der Waals surface area contributed by atoms with Crippen molar-refractivity contribution in [1.82, 2.24) is 9.78 Å². The first-order chi connectivity index (χ1) is 7.97. The third-order valence-electron chi connectivity index (χ3n) is 2.69. The summed E-state index contributed by atoms with van der Waals surface area (Å²) in [6.45, 7) is 9.82. The van der Waals surface area contributed by atoms with E-state index in [0.717, 1.165) is 30.4 Å². The van der Waals surface area contributed by atoms with Gasteiger partial charge in [-0.15, -0.1) is 0 Å². The predicted molar refractivity (Wildman–Crippen MR) is 71.3 cm³/mol. The molecular formula is C12H24N4O. The van der Waals surface area contributed by atoms with E-state index in [2.05, 4.69) is 31.2 Å². The highest BCUT2D eigenvalue weighted by Gasteiger charge is 2.14. The lowest BCUT2D eigenvalue weighted by Gasteiger charge is -2.16. The Balaban J connectivity index is 2.75. The first-order valence-electron chi connectivity index (χ1n) is 6.04. The Morgan fingerprint density at radius 1 is 1.41 bits per heavy atom. The van der Waals surface area contributed by atoms with Crippen LogP contribution in [0.2, 0.25) is 0 Å². The largest absolute Gasteiger partial charge is 0.394 e. The molecule has 0 aromatic carbocycles. The molecule has 17 heavy (non-hydrogen) atoms. The summed E-state index contributed by atoms with van der Waals surface area (Å²) < 4.78 is 7.05. The van der Waals surface area contributed by atoms with E-state index in [1.807, 2.05) is 11.6 Å². The fourth-order valence-electron chi connectivity index (χ4n) is 1.72. The van der Waals surface area contributed by atoms with Gasteiger partial charge in [-0.1, -0.05) is 6.92 Å². The highest BCUT2D eigenvalue weighted by atomic mass is 16.5. The Labute approximate surface area is 103 Å². The number of hydrogen-bond donors (Lipinski definition) is 2. The summed E-state index contributed by atoms with van der Waals surface area (Å²) in [5.74, 6) is 1.36. The van der Waals surface area contributed by atoms with Crippen LogP contribution in [-0.4, -0.2) is 30.0 Å². The minimum absolute atomic E-state index is 0.297. The van der Waals surface area contributed by atoms with Gasteiger partial charge >= 0.3 is 0 Å². The number of nitrogens with zero attached hydrogens (tertiary/aromatic N) is 2. The summed E-state index contributed by atoms with van der Waals surface area (Å²) in [4.78, 5) is 0. The van der Waals surface area contributed by atoms with E-state index in [1.54, 1.807) is 7.11 Å². The number of anilines is 2. The molecule has 98 valence electrons. The van der Waals surface area contributed by atoms with Crippen LogP contribution in [0, 0.1) is 12.8 Å². The predicted octanol–water partition coefficient (Wildman–Crippen LogP) is 2.05. The van der Waals surface area contributed by atoms with Crippen LogP contribution >= 0.6 is 0 Å². The second kappa shape index (κ2) is 5.91. The molecule has 1 aromatic heterocycles. The third kappa shape index (κ3) is 3.36. The van der Waals surface area contributed by atoms with Gasteiger partial charge in [0, 0.05) is 19.7 Å². The average molecular weight is 240 g/mol. The number of aromatic nitrogens is 2. The maximum Gasteiger partial charge on any atom is 0.148 e. The maximum atomic E-state index is 6.02. The normalized spacial score (nSPS) is 13.1. The van der Waals surface area contributed by atoms with Crippen LogP contribution in [0.15, 0.2) is 0 Å². The second-order valence-corrected chi connectivity index (χ2v) is 4.83. The quantitative estimate of drug-likeness (QED) is 0.798. The zero-order valence-electron chi connectivity index (χ0n) is 11.4. The number of hydrogen-bond acceptors (Lipinski definition) is 4. The van der Waals surface area contributed by atoms with Crippen molar-refractivity contribution in [3.8, 4) is 0 Å². The zero-order valence-corrected chi connectivity index (χ0v) is 11.4. The lowest BCUT2D eigenvalue weighted by atomic mass is 10.2. The number of ether oxygens (including phenoxy) is 1. The Morgan fingerprint density at radius 2 is 2.06 bits per heavy atom. The molecule has 0 fully saturated rings. The molecule has 0 aliphatic carbocycles. The van der Waals surface area contributed by atoms with E-state index in [0.29, 0.717) is 12.0 Å². The number of methoxy groups -OCH3 is 1. The standard InChI is InChI=1S/C12H24N4O/c1-8(2)16-12(11(13)10(4)15-16)14-6-9(3)7-17-5/h8-9,14H,6-7,13H2,1-5H3. The lowest BCUT2D eigenvalue weighted by Crippen LogP contribution is -2.19. The fraction of sp³-hybridized carbons (Fsp3) is 0.750. The van der Waals surface area contributed by atoms with Crippen molar-refractivity contribution in [1.29, 1.82) is 0 Å². The zero-order chi connectivity index (χ0) is 13.0. The van der Waals surface area contributed by atoms with Crippen molar-refractivity contribution in [2.75, 3.05) is 31.3 Å². The van der Waals surface area contributed by atoms with Gasteiger partial charge < -0.3 is 15.8 Å². The van der Waals surface area contributed by atoms with Crippen molar-refractivity contribution in [3.05, 3.63) is 5.69 Å². The molecule has 3 N–H and O–H groups in total. The van der Waals surface area contributed by atoms with Gasteiger partial charge in [-0.05, 0) is 26.7 Å². The molecule has 0 aliphatic rings. The first kappa shape index (κ1) is 13.8. The van der Waals surface area contributed by atoms with Crippen molar-refractivity contribution < 1.29 is 4.74 Å². The lowest BCUT2D eigenvalue weighted by molar-refractivity contribution is 0.164. The second-order valence-electron chi connectivity index (χ2n) is 4.83. The van der Waals surface area contributed by atoms with Crippen LogP contribution in [-0.2, 0) is 4.74 Å². The molecule has 1 unspecified atom stereocenters. The van der Waals surface area contributed by atoms with Crippen LogP contribution in [0.4, 0.5) is 11.5 Å². The third-order valence-corrected chi connectivity index (χ3v) is 2.69. The van der Waals surface area contributed by atoms with E-state index in [4.69, 9.17) is 10.5 Å². The van der Waals surface area contributed by atoms with E-state index >= 15 is 0 Å². The van der Waals surface area contributed by atoms with Gasteiger partial charge in [0.15, 0.2) is 0 Å². The van der Waals surface area contributed by atoms with Gasteiger partial charge in [0.05, 0.1) is 18.0 Å². The SMILES string of the molecule is COCC(C)CNc1c(N)c(C)nn1C(C)C. The molecule has 5 nitrogen and oxygen atoms in total. The van der Waals surface area contributed by atoms with Crippen LogP contribution in [0.1, 0.15) is 32.5 Å². The summed E-state index contributed by atoms with van der Waals surface area (Å²) >= 11 is 0. The van der Waals surface area contributed by atoms with Crippen LogP contribution in [0.5, 0.6) is 0 Å². The molecule has 1 atom stereocenters. The number of rotatable bonds is 6. The molecule has 0 amide bonds. The van der Waals surface area contributed by atoms with Crippen molar-refractivity contribution in [2.24, 2.45) is 5.92 Å². The summed E-state index contributed by atoms with van der Waals surface area (Å²) in [6.07, 6.45) is 0. The number of nitrogens with one attached hydrogen (secondary N) is 1. The molecule has 1 heterocycles. The van der Waals surface area contributed by atoms with Gasteiger partial charge in [0.1, 0.15) is 5.82 Å². The molecule has 0 spiro atoms. The van der Waals surface area contributed by atoms with Crippen LogP contribution in [0.25, 0.3) is 0 Å². The molecule has 0 radical (unpaired) electrons. The summed E-state index contributed by atoms with van der Waals surface area (Å²) in [6, 6.07) is 0.297. The minimum Gasteiger partial charge on any atom is -0.394 e. The van der Waals surface area contributed by atoms with Gasteiger partial charge in [-0.2, -0.15) is 5.10 Å². The maximum absolute atomic E-state index is 6.02. The van der Waals surface area contributed by atoms with E-state index in [1.165, 1.54) is 0 Å². The highest BCUT2D eigenvalue weighted by molar-refractivity contribution is 5.64. The summed E-state index contributed by atoms with van der Waals surface area (Å²) in [5.41, 5.74) is 7.64. The van der Waals surface area contributed by atoms with Crippen molar-refractivity contribution in [2.45, 2.75) is 33.7 Å². The van der Waals surface area contributed by atoms with E-state index in [9.17, 15) is 0 Å². The summed E-state index contributed by atoms with van der Waals surface area (Å²) in [5, 5.41) is 7.80. The Bertz CT molecular complexity index is 360. The monoisotopic (exact) mass is 240 g/mol. The Kier molecular flexibility index (Phi) is 4.81. The molecule has 0 bridgehead atoms. The van der Waals surface area contributed by atoms with Gasteiger partial charge in [0.2, 0.25) is 0 Å². The van der Waals surface area contributed by atoms with Gasteiger partial charge in [-0.3, -0.25) is 0 Å². The molecule has 1 aromatic rings. The Hall–Kier alpha value is -1.23. The Morgan fingerprint density at radius 3 is 2.59 bits per heavy atom. The topological polar surface area (TPSA) is 65.1 Å². The first-order valence-corrected chi connectivity index (χ1v) is 6.04. The molecule has 0 saturated carbocycles. The minimum atomic E-state index is 0.297. The smallest absolute Gasteiger partial charge is 0.148 e. The van der Waals surface area contributed by atoms with Gasteiger partial charge in [-0.25, -0.2) is 4.68 Å². The van der Waals surface area contributed by atoms with Crippen molar-refractivity contribution >= 4 is 11.5 Å². The number of aryl methyl sites for hydroxylation is 1. The van der Waals surface area contributed by atoms with Crippen LogP contribution in [0.3, 0.4) is 0 Å². The molecule has 1 rings (SSSR count). The van der Waals surface area contributed by atoms with Gasteiger partial charge in [0.25, 0.3) is 0 Å². The molecule has 5 heteroatoms. The fourth-order valence-corrected chi connectivity index (χ4v) is 1.72. The number of nitrogen functional groups attached to an aromatic ring is 1. The highest BCUT2D eigenvalue weighted by Crippen LogP contribution is 2.25. The average Bonchev–Trinajstić information content (AvgIpc) is 2.54. The molecule has 0 aliphatic heterocycles.